The topological polar surface area (TPSA) is 44.5 Å². The minimum atomic E-state index is 0.271. The Morgan fingerprint density at radius 3 is 2.45 bits per heavy atom. The molecule has 2 aromatic carbocycles. The molecule has 2 N–H and O–H groups in total. The summed E-state index contributed by atoms with van der Waals surface area (Å²) < 4.78 is 10.8. The van der Waals surface area contributed by atoms with Gasteiger partial charge in [0, 0.05) is 6.54 Å². The van der Waals surface area contributed by atoms with Crippen LogP contribution in [0.3, 0.4) is 0 Å². The van der Waals surface area contributed by atoms with Gasteiger partial charge in [-0.3, -0.25) is 0 Å². The van der Waals surface area contributed by atoms with Gasteiger partial charge in [-0.1, -0.05) is 48.5 Å². The second-order valence-corrected chi connectivity index (χ2v) is 5.03. The molecule has 0 radical (unpaired) electrons. The molecule has 0 atom stereocenters. The summed E-state index contributed by atoms with van der Waals surface area (Å²) in [6.45, 7) is 2.65. The van der Waals surface area contributed by atoms with Crippen LogP contribution in [0.25, 0.3) is 11.1 Å². The molecular weight excluding hydrogens is 250 g/mol. The zero-order valence-corrected chi connectivity index (χ0v) is 11.4. The van der Waals surface area contributed by atoms with Gasteiger partial charge in [0.1, 0.15) is 6.10 Å². The highest BCUT2D eigenvalue weighted by atomic mass is 16.6. The minimum absolute atomic E-state index is 0.271. The maximum absolute atomic E-state index is 5.79. The van der Waals surface area contributed by atoms with Crippen LogP contribution in [0.2, 0.25) is 0 Å². The molecule has 0 amide bonds. The van der Waals surface area contributed by atoms with E-state index in [-0.39, 0.29) is 6.10 Å². The van der Waals surface area contributed by atoms with Gasteiger partial charge >= 0.3 is 0 Å². The molecule has 0 unspecified atom stereocenters. The molecular formula is C17H19NO2. The smallest absolute Gasteiger partial charge is 0.105 e. The summed E-state index contributed by atoms with van der Waals surface area (Å²) in [7, 11) is 0. The van der Waals surface area contributed by atoms with Gasteiger partial charge in [-0.2, -0.15) is 0 Å². The molecule has 0 bridgehead atoms. The third-order valence-corrected chi connectivity index (χ3v) is 3.60. The third-order valence-electron chi connectivity index (χ3n) is 3.60. The Labute approximate surface area is 119 Å². The summed E-state index contributed by atoms with van der Waals surface area (Å²) in [4.78, 5) is 0. The predicted octanol–water partition coefficient (Wildman–Crippen LogP) is 2.73. The third kappa shape index (κ3) is 2.90. The number of hydrogen-bond donors (Lipinski definition) is 1. The van der Waals surface area contributed by atoms with Crippen LogP contribution in [0.1, 0.15) is 11.1 Å². The first kappa shape index (κ1) is 13.3. The van der Waals surface area contributed by atoms with Gasteiger partial charge in [-0.05, 0) is 22.3 Å². The largest absolute Gasteiger partial charge is 0.376 e. The van der Waals surface area contributed by atoms with Gasteiger partial charge in [-0.15, -0.1) is 0 Å². The first-order chi connectivity index (χ1) is 9.86. The predicted molar refractivity (Wildman–Crippen MR) is 79.2 cm³/mol. The van der Waals surface area contributed by atoms with Crippen LogP contribution >= 0.6 is 0 Å². The SMILES string of the molecule is NCc1ccccc1-c1ccc(COC2COC2)cc1. The van der Waals surface area contributed by atoms with Crippen molar-refractivity contribution >= 4 is 0 Å². The number of hydrogen-bond acceptors (Lipinski definition) is 3. The fourth-order valence-corrected chi connectivity index (χ4v) is 2.28. The van der Waals surface area contributed by atoms with Crippen LogP contribution in [-0.2, 0) is 22.6 Å². The van der Waals surface area contributed by atoms with E-state index in [1.807, 2.05) is 12.1 Å². The summed E-state index contributed by atoms with van der Waals surface area (Å²) in [5, 5.41) is 0. The summed E-state index contributed by atoms with van der Waals surface area (Å²) >= 11 is 0. The van der Waals surface area contributed by atoms with Crippen molar-refractivity contribution in [3.63, 3.8) is 0 Å². The second-order valence-electron chi connectivity index (χ2n) is 5.03. The standard InChI is InChI=1S/C17H19NO2/c18-9-15-3-1-2-4-17(15)14-7-5-13(6-8-14)10-20-16-11-19-12-16/h1-8,16H,9-12,18H2. The normalized spacial score (nSPS) is 15.1. The second kappa shape index (κ2) is 6.18. The average Bonchev–Trinajstić information content (AvgIpc) is 2.46. The molecule has 1 aliphatic rings. The summed E-state index contributed by atoms with van der Waals surface area (Å²) in [5.74, 6) is 0. The van der Waals surface area contributed by atoms with Gasteiger partial charge < -0.3 is 15.2 Å². The highest BCUT2D eigenvalue weighted by molar-refractivity contribution is 5.67. The fraction of sp³-hybridized carbons (Fsp3) is 0.294. The van der Waals surface area contributed by atoms with Gasteiger partial charge in [0.25, 0.3) is 0 Å². The van der Waals surface area contributed by atoms with Crippen molar-refractivity contribution in [2.45, 2.75) is 19.3 Å². The lowest BCUT2D eigenvalue weighted by molar-refractivity contribution is -0.135. The van der Waals surface area contributed by atoms with Crippen LogP contribution in [0.15, 0.2) is 48.5 Å². The zero-order valence-electron chi connectivity index (χ0n) is 11.4. The lowest BCUT2D eigenvalue weighted by atomic mass is 9.99. The van der Waals surface area contributed by atoms with Crippen molar-refractivity contribution in [2.24, 2.45) is 5.73 Å². The lowest BCUT2D eigenvalue weighted by Crippen LogP contribution is -2.35. The van der Waals surface area contributed by atoms with Crippen molar-refractivity contribution in [1.82, 2.24) is 0 Å². The molecule has 0 spiro atoms. The molecule has 0 aromatic heterocycles. The Morgan fingerprint density at radius 2 is 1.80 bits per heavy atom. The molecule has 1 fully saturated rings. The van der Waals surface area contributed by atoms with Crippen molar-refractivity contribution in [1.29, 1.82) is 0 Å². The van der Waals surface area contributed by atoms with E-state index in [0.717, 1.165) is 13.2 Å². The van der Waals surface area contributed by atoms with Gasteiger partial charge in [0.05, 0.1) is 19.8 Å². The van der Waals surface area contributed by atoms with E-state index < -0.39 is 0 Å². The Bertz CT molecular complexity index is 561. The van der Waals surface area contributed by atoms with Crippen molar-refractivity contribution < 1.29 is 9.47 Å². The Balaban J connectivity index is 1.71. The van der Waals surface area contributed by atoms with Crippen molar-refractivity contribution in [3.05, 3.63) is 59.7 Å². The Kier molecular flexibility index (Phi) is 4.11. The molecule has 3 rings (SSSR count). The Hall–Kier alpha value is -1.68. The molecule has 104 valence electrons. The van der Waals surface area contributed by atoms with Crippen molar-refractivity contribution in [3.8, 4) is 11.1 Å². The first-order valence-electron chi connectivity index (χ1n) is 6.93. The number of nitrogens with two attached hydrogens (primary N) is 1. The highest BCUT2D eigenvalue weighted by Crippen LogP contribution is 2.24. The van der Waals surface area contributed by atoms with Gasteiger partial charge in [0.15, 0.2) is 0 Å². The molecule has 0 aliphatic carbocycles. The molecule has 1 heterocycles. The monoisotopic (exact) mass is 269 g/mol. The summed E-state index contributed by atoms with van der Waals surface area (Å²) in [6.07, 6.45) is 0.271. The first-order valence-corrected chi connectivity index (χ1v) is 6.93. The molecule has 3 nitrogen and oxygen atoms in total. The van der Waals surface area contributed by atoms with Crippen LogP contribution in [-0.4, -0.2) is 19.3 Å². The molecule has 1 aliphatic heterocycles. The molecule has 3 heteroatoms. The molecule has 1 saturated heterocycles. The lowest BCUT2D eigenvalue weighted by Gasteiger charge is -2.26. The minimum Gasteiger partial charge on any atom is -0.376 e. The summed E-state index contributed by atoms with van der Waals surface area (Å²) in [6, 6.07) is 16.7. The van der Waals surface area contributed by atoms with E-state index in [4.69, 9.17) is 15.2 Å². The quantitative estimate of drug-likeness (QED) is 0.907. The van der Waals surface area contributed by atoms with Crippen LogP contribution in [0.5, 0.6) is 0 Å². The highest BCUT2D eigenvalue weighted by Gasteiger charge is 2.18. The number of rotatable bonds is 5. The van der Waals surface area contributed by atoms with E-state index in [9.17, 15) is 0 Å². The van der Waals surface area contributed by atoms with E-state index in [1.165, 1.54) is 22.3 Å². The average molecular weight is 269 g/mol. The maximum atomic E-state index is 5.79. The van der Waals surface area contributed by atoms with E-state index in [2.05, 4.69) is 36.4 Å². The van der Waals surface area contributed by atoms with Crippen LogP contribution in [0.4, 0.5) is 0 Å². The van der Waals surface area contributed by atoms with Crippen molar-refractivity contribution in [2.75, 3.05) is 13.2 Å². The van der Waals surface area contributed by atoms with Crippen LogP contribution in [0, 0.1) is 0 Å². The number of benzene rings is 2. The van der Waals surface area contributed by atoms with Gasteiger partial charge in [0.2, 0.25) is 0 Å². The van der Waals surface area contributed by atoms with E-state index in [1.54, 1.807) is 0 Å². The van der Waals surface area contributed by atoms with E-state index >= 15 is 0 Å². The summed E-state index contributed by atoms with van der Waals surface area (Å²) in [5.41, 5.74) is 10.5. The van der Waals surface area contributed by atoms with E-state index in [0.29, 0.717) is 13.2 Å². The maximum Gasteiger partial charge on any atom is 0.105 e. The van der Waals surface area contributed by atoms with Crippen LogP contribution < -0.4 is 5.73 Å². The zero-order chi connectivity index (χ0) is 13.8. The molecule has 2 aromatic rings. The van der Waals surface area contributed by atoms with Gasteiger partial charge in [-0.25, -0.2) is 0 Å². The molecule has 20 heavy (non-hydrogen) atoms. The number of ether oxygens (including phenoxy) is 2. The fourth-order valence-electron chi connectivity index (χ4n) is 2.28. The molecule has 0 saturated carbocycles. The Morgan fingerprint density at radius 1 is 1.05 bits per heavy atom.